The Hall–Kier alpha value is -1.42. The van der Waals surface area contributed by atoms with Crippen LogP contribution < -0.4 is 4.90 Å². The van der Waals surface area contributed by atoms with E-state index in [2.05, 4.69) is 6.58 Å². The Morgan fingerprint density at radius 2 is 2.26 bits per heavy atom. The van der Waals surface area contributed by atoms with E-state index in [0.29, 0.717) is 5.56 Å². The van der Waals surface area contributed by atoms with Crippen molar-refractivity contribution in [3.05, 3.63) is 36.4 Å². The third kappa shape index (κ3) is 4.31. The van der Waals surface area contributed by atoms with Crippen molar-refractivity contribution in [3.63, 3.8) is 0 Å². The molecule has 3 nitrogen and oxygen atoms in total. The molecule has 0 aliphatic carbocycles. The van der Waals surface area contributed by atoms with Crippen molar-refractivity contribution in [2.75, 3.05) is 24.2 Å². The predicted molar refractivity (Wildman–Crippen MR) is 82.5 cm³/mol. The van der Waals surface area contributed by atoms with Crippen LogP contribution in [-0.2, 0) is 0 Å². The lowest BCUT2D eigenvalue weighted by Crippen LogP contribution is -2.21. The maximum Gasteiger partial charge on any atom is 0.338 e. The fourth-order valence-corrected chi connectivity index (χ4v) is 2.74. The van der Waals surface area contributed by atoms with Crippen LogP contribution in [0.15, 0.2) is 35.7 Å². The van der Waals surface area contributed by atoms with E-state index in [4.69, 9.17) is 0 Å². The summed E-state index contributed by atoms with van der Waals surface area (Å²) >= 11 is 1.57. The topological polar surface area (TPSA) is 40.5 Å². The highest BCUT2D eigenvalue weighted by Gasteiger charge is 2.17. The van der Waals surface area contributed by atoms with Gasteiger partial charge in [-0.2, -0.15) is 0 Å². The Morgan fingerprint density at radius 3 is 2.84 bits per heavy atom. The number of anilines is 1. The number of benzene rings is 1. The van der Waals surface area contributed by atoms with Crippen LogP contribution in [0.5, 0.6) is 0 Å². The van der Waals surface area contributed by atoms with E-state index < -0.39 is 5.97 Å². The van der Waals surface area contributed by atoms with Gasteiger partial charge in [-0.3, -0.25) is 0 Å². The largest absolute Gasteiger partial charge is 0.478 e. The van der Waals surface area contributed by atoms with Crippen LogP contribution in [-0.4, -0.2) is 30.4 Å². The van der Waals surface area contributed by atoms with Crippen LogP contribution in [0.1, 0.15) is 30.1 Å². The van der Waals surface area contributed by atoms with Crippen molar-refractivity contribution in [3.8, 4) is 0 Å². The molecule has 0 saturated heterocycles. The first-order valence-electron chi connectivity index (χ1n) is 6.43. The van der Waals surface area contributed by atoms with Gasteiger partial charge in [0.1, 0.15) is 0 Å². The minimum absolute atomic E-state index is 0.412. The standard InChI is InChI=1S/C15H21NO2S/c1-4-6-7-11-16(3)12-9-8-10-13(19-5-2)14(12)15(17)18/h4,8-10H,1,5-7,11H2,2-3H3,(H,17,18). The summed E-state index contributed by atoms with van der Waals surface area (Å²) in [6.07, 6.45) is 3.80. The molecule has 0 aliphatic heterocycles. The van der Waals surface area contributed by atoms with Crippen molar-refractivity contribution >= 4 is 23.4 Å². The van der Waals surface area contributed by atoms with Gasteiger partial charge in [0, 0.05) is 18.5 Å². The van der Waals surface area contributed by atoms with Crippen molar-refractivity contribution in [2.24, 2.45) is 0 Å². The highest BCUT2D eigenvalue weighted by Crippen LogP contribution is 2.30. The third-order valence-electron chi connectivity index (χ3n) is 2.83. The molecule has 0 bridgehead atoms. The Morgan fingerprint density at radius 1 is 1.53 bits per heavy atom. The highest BCUT2D eigenvalue weighted by molar-refractivity contribution is 7.99. The molecule has 1 aromatic rings. The minimum atomic E-state index is -0.859. The molecule has 19 heavy (non-hydrogen) atoms. The summed E-state index contributed by atoms with van der Waals surface area (Å²) in [5.74, 6) is 0.00584. The molecule has 1 aromatic carbocycles. The maximum absolute atomic E-state index is 11.5. The SMILES string of the molecule is C=CCCCN(C)c1cccc(SCC)c1C(=O)O. The zero-order valence-electron chi connectivity index (χ0n) is 11.6. The molecular weight excluding hydrogens is 258 g/mol. The lowest BCUT2D eigenvalue weighted by Gasteiger charge is -2.22. The van der Waals surface area contributed by atoms with E-state index in [1.54, 1.807) is 11.8 Å². The highest BCUT2D eigenvalue weighted by atomic mass is 32.2. The first-order valence-corrected chi connectivity index (χ1v) is 7.41. The lowest BCUT2D eigenvalue weighted by atomic mass is 10.1. The molecule has 0 spiro atoms. The zero-order valence-corrected chi connectivity index (χ0v) is 12.4. The molecule has 104 valence electrons. The smallest absolute Gasteiger partial charge is 0.338 e. The fraction of sp³-hybridized carbons (Fsp3) is 0.400. The number of allylic oxidation sites excluding steroid dienone is 1. The molecule has 4 heteroatoms. The molecule has 0 unspecified atom stereocenters. The number of hydrogen-bond acceptors (Lipinski definition) is 3. The van der Waals surface area contributed by atoms with Crippen LogP contribution in [0.3, 0.4) is 0 Å². The van der Waals surface area contributed by atoms with Gasteiger partial charge in [-0.1, -0.05) is 19.1 Å². The van der Waals surface area contributed by atoms with Gasteiger partial charge in [-0.15, -0.1) is 18.3 Å². The normalized spacial score (nSPS) is 10.2. The summed E-state index contributed by atoms with van der Waals surface area (Å²) in [4.78, 5) is 14.3. The second-order valence-corrected chi connectivity index (χ2v) is 5.55. The molecule has 0 aliphatic rings. The molecule has 0 aromatic heterocycles. The first-order chi connectivity index (χ1) is 9.11. The minimum Gasteiger partial charge on any atom is -0.478 e. The molecule has 0 fully saturated rings. The second-order valence-electron chi connectivity index (χ2n) is 4.24. The van der Waals surface area contributed by atoms with Gasteiger partial charge in [0.15, 0.2) is 0 Å². The maximum atomic E-state index is 11.5. The van der Waals surface area contributed by atoms with Crippen LogP contribution >= 0.6 is 11.8 Å². The Kier molecular flexibility index (Phi) is 6.50. The van der Waals surface area contributed by atoms with E-state index in [1.807, 2.05) is 43.1 Å². The number of hydrogen-bond donors (Lipinski definition) is 1. The summed E-state index contributed by atoms with van der Waals surface area (Å²) in [5.41, 5.74) is 1.20. The van der Waals surface area contributed by atoms with Crippen LogP contribution in [0.2, 0.25) is 0 Å². The number of carboxylic acid groups (broad SMARTS) is 1. The number of rotatable bonds is 8. The second kappa shape index (κ2) is 7.89. The number of carbonyl (C=O) groups is 1. The number of carboxylic acids is 1. The van der Waals surface area contributed by atoms with E-state index in [9.17, 15) is 9.90 Å². The lowest BCUT2D eigenvalue weighted by molar-refractivity contribution is 0.0694. The number of aromatic carboxylic acids is 1. The molecular formula is C15H21NO2S. The molecule has 0 saturated carbocycles. The number of unbranched alkanes of at least 4 members (excludes halogenated alkanes) is 1. The molecule has 0 heterocycles. The Balaban J connectivity index is 3.01. The summed E-state index contributed by atoms with van der Waals surface area (Å²) in [6, 6.07) is 5.67. The van der Waals surface area contributed by atoms with Gasteiger partial charge in [0.2, 0.25) is 0 Å². The molecule has 0 amide bonds. The molecule has 1 N–H and O–H groups in total. The van der Waals surface area contributed by atoms with E-state index in [1.165, 1.54) is 0 Å². The quantitative estimate of drug-likeness (QED) is 0.445. The van der Waals surface area contributed by atoms with E-state index in [-0.39, 0.29) is 0 Å². The molecule has 0 atom stereocenters. The van der Waals surface area contributed by atoms with Crippen LogP contribution in [0.4, 0.5) is 5.69 Å². The van der Waals surface area contributed by atoms with Gasteiger partial charge in [0.05, 0.1) is 11.3 Å². The van der Waals surface area contributed by atoms with Gasteiger partial charge in [-0.05, 0) is 30.7 Å². The van der Waals surface area contributed by atoms with E-state index in [0.717, 1.165) is 35.7 Å². The van der Waals surface area contributed by atoms with Crippen molar-refractivity contribution in [1.82, 2.24) is 0 Å². The van der Waals surface area contributed by atoms with Crippen LogP contribution in [0, 0.1) is 0 Å². The number of nitrogens with zero attached hydrogens (tertiary/aromatic N) is 1. The molecule has 0 radical (unpaired) electrons. The monoisotopic (exact) mass is 279 g/mol. The van der Waals surface area contributed by atoms with Crippen LogP contribution in [0.25, 0.3) is 0 Å². The fourth-order valence-electron chi connectivity index (χ4n) is 1.92. The van der Waals surface area contributed by atoms with Crippen molar-refractivity contribution < 1.29 is 9.90 Å². The van der Waals surface area contributed by atoms with Gasteiger partial charge in [0.25, 0.3) is 0 Å². The predicted octanol–water partition coefficient (Wildman–Crippen LogP) is 3.90. The van der Waals surface area contributed by atoms with Gasteiger partial charge >= 0.3 is 5.97 Å². The van der Waals surface area contributed by atoms with E-state index >= 15 is 0 Å². The summed E-state index contributed by atoms with van der Waals surface area (Å²) in [5, 5.41) is 9.44. The van der Waals surface area contributed by atoms with Gasteiger partial charge in [-0.25, -0.2) is 4.79 Å². The average Bonchev–Trinajstić information content (AvgIpc) is 2.38. The zero-order chi connectivity index (χ0) is 14.3. The summed E-state index contributed by atoms with van der Waals surface area (Å²) < 4.78 is 0. The first kappa shape index (κ1) is 15.6. The summed E-state index contributed by atoms with van der Waals surface area (Å²) in [7, 11) is 1.94. The summed E-state index contributed by atoms with van der Waals surface area (Å²) in [6.45, 7) is 6.55. The van der Waals surface area contributed by atoms with Gasteiger partial charge < -0.3 is 10.0 Å². The third-order valence-corrected chi connectivity index (χ3v) is 3.77. The average molecular weight is 279 g/mol. The van der Waals surface area contributed by atoms with Crippen molar-refractivity contribution in [1.29, 1.82) is 0 Å². The van der Waals surface area contributed by atoms with Crippen molar-refractivity contribution in [2.45, 2.75) is 24.7 Å². The number of thioether (sulfide) groups is 1. The Labute approximate surface area is 119 Å². The Bertz CT molecular complexity index is 446. The molecule has 1 rings (SSSR count).